The summed E-state index contributed by atoms with van der Waals surface area (Å²) in [5.74, 6) is 0.728. The van der Waals surface area contributed by atoms with Crippen molar-refractivity contribution >= 4 is 21.6 Å². The Hall–Kier alpha value is -1.68. The molecule has 0 radical (unpaired) electrons. The molecular weight excluding hydrogens is 290 g/mol. The Balaban J connectivity index is 2.33. The summed E-state index contributed by atoms with van der Waals surface area (Å²) in [4.78, 5) is 4.33. The molecule has 2 rings (SSSR count). The summed E-state index contributed by atoms with van der Waals surface area (Å²) in [5, 5.41) is 4.47. The topological polar surface area (TPSA) is 30.7 Å². The van der Waals surface area contributed by atoms with Crippen LogP contribution in [-0.4, -0.2) is 14.8 Å². The summed E-state index contributed by atoms with van der Waals surface area (Å²) >= 11 is 3.41. The SMILES string of the molecule is C/C=C\C(=C/C)n1cnc(-c2ccc(Br)cc2)n1. The lowest BCUT2D eigenvalue weighted by molar-refractivity contribution is 0.910. The van der Waals surface area contributed by atoms with Crippen LogP contribution in [0.3, 0.4) is 0 Å². The zero-order valence-corrected chi connectivity index (χ0v) is 11.9. The molecule has 1 aromatic heterocycles. The van der Waals surface area contributed by atoms with E-state index in [1.807, 2.05) is 56.3 Å². The lowest BCUT2D eigenvalue weighted by Crippen LogP contribution is -1.95. The van der Waals surface area contributed by atoms with Gasteiger partial charge in [-0.3, -0.25) is 0 Å². The normalized spacial score (nSPS) is 12.3. The van der Waals surface area contributed by atoms with Gasteiger partial charge in [0.1, 0.15) is 6.33 Å². The van der Waals surface area contributed by atoms with E-state index in [1.165, 1.54) is 0 Å². The lowest BCUT2D eigenvalue weighted by atomic mass is 10.2. The van der Waals surface area contributed by atoms with Gasteiger partial charge in [-0.25, -0.2) is 9.67 Å². The molecule has 0 amide bonds. The van der Waals surface area contributed by atoms with Crippen LogP contribution in [-0.2, 0) is 0 Å². The predicted octanol–water partition coefficient (Wildman–Crippen LogP) is 4.14. The third-order valence-electron chi connectivity index (χ3n) is 2.49. The molecule has 0 spiro atoms. The van der Waals surface area contributed by atoms with Crippen LogP contribution in [0.5, 0.6) is 0 Å². The molecule has 0 saturated carbocycles. The monoisotopic (exact) mass is 303 g/mol. The molecule has 2 aromatic rings. The minimum atomic E-state index is 0.728. The van der Waals surface area contributed by atoms with Crippen LogP contribution in [0.4, 0.5) is 0 Å². The maximum Gasteiger partial charge on any atom is 0.181 e. The number of hydrogen-bond donors (Lipinski definition) is 0. The maximum atomic E-state index is 4.47. The van der Waals surface area contributed by atoms with E-state index in [1.54, 1.807) is 11.0 Å². The Bertz CT molecular complexity index is 579. The fourth-order valence-electron chi connectivity index (χ4n) is 1.59. The van der Waals surface area contributed by atoms with Gasteiger partial charge in [-0.2, -0.15) is 0 Å². The van der Waals surface area contributed by atoms with Crippen molar-refractivity contribution in [1.29, 1.82) is 0 Å². The van der Waals surface area contributed by atoms with Gasteiger partial charge in [0.15, 0.2) is 5.82 Å². The molecule has 0 unspecified atom stereocenters. The lowest BCUT2D eigenvalue weighted by Gasteiger charge is -1.99. The van der Waals surface area contributed by atoms with Crippen LogP contribution in [0.25, 0.3) is 17.1 Å². The number of allylic oxidation sites excluding steroid dienone is 4. The zero-order chi connectivity index (χ0) is 13.0. The van der Waals surface area contributed by atoms with Gasteiger partial charge >= 0.3 is 0 Å². The van der Waals surface area contributed by atoms with E-state index in [2.05, 4.69) is 26.0 Å². The van der Waals surface area contributed by atoms with E-state index in [0.717, 1.165) is 21.6 Å². The summed E-state index contributed by atoms with van der Waals surface area (Å²) in [6.45, 7) is 3.96. The molecule has 0 atom stereocenters. The van der Waals surface area contributed by atoms with Crippen molar-refractivity contribution in [2.45, 2.75) is 13.8 Å². The highest BCUT2D eigenvalue weighted by atomic mass is 79.9. The van der Waals surface area contributed by atoms with Gasteiger partial charge in [-0.05, 0) is 32.1 Å². The van der Waals surface area contributed by atoms with E-state index in [0.29, 0.717) is 0 Å². The number of halogens is 1. The molecular formula is C14H14BrN3. The number of aromatic nitrogens is 3. The fourth-order valence-corrected chi connectivity index (χ4v) is 1.86. The second-order valence-corrected chi connectivity index (χ2v) is 4.65. The summed E-state index contributed by atoms with van der Waals surface area (Å²) in [7, 11) is 0. The Labute approximate surface area is 115 Å². The third-order valence-corrected chi connectivity index (χ3v) is 3.02. The quantitative estimate of drug-likeness (QED) is 0.798. The van der Waals surface area contributed by atoms with Gasteiger partial charge in [-0.1, -0.05) is 40.2 Å². The summed E-state index contributed by atoms with van der Waals surface area (Å²) in [6, 6.07) is 7.96. The number of hydrogen-bond acceptors (Lipinski definition) is 2. The second-order valence-electron chi connectivity index (χ2n) is 3.73. The van der Waals surface area contributed by atoms with E-state index < -0.39 is 0 Å². The molecule has 0 saturated heterocycles. The van der Waals surface area contributed by atoms with Gasteiger partial charge in [-0.15, -0.1) is 5.10 Å². The molecule has 18 heavy (non-hydrogen) atoms. The number of nitrogens with zero attached hydrogens (tertiary/aromatic N) is 3. The molecule has 0 N–H and O–H groups in total. The standard InChI is InChI=1S/C14H14BrN3/c1-3-5-13(4-2)18-10-16-14(17-18)11-6-8-12(15)9-7-11/h3-10H,1-2H3/b5-3-,13-4+. The summed E-state index contributed by atoms with van der Waals surface area (Å²) in [5.41, 5.74) is 2.02. The van der Waals surface area contributed by atoms with Crippen molar-refractivity contribution in [3.63, 3.8) is 0 Å². The van der Waals surface area contributed by atoms with Crippen molar-refractivity contribution in [1.82, 2.24) is 14.8 Å². The van der Waals surface area contributed by atoms with Crippen LogP contribution in [0.15, 0.2) is 53.3 Å². The molecule has 1 aromatic carbocycles. The van der Waals surface area contributed by atoms with E-state index in [-0.39, 0.29) is 0 Å². The van der Waals surface area contributed by atoms with Gasteiger partial charge in [0, 0.05) is 10.0 Å². The van der Waals surface area contributed by atoms with Gasteiger partial charge in [0.25, 0.3) is 0 Å². The highest BCUT2D eigenvalue weighted by Gasteiger charge is 2.05. The first-order valence-corrected chi connectivity index (χ1v) is 6.51. The average molecular weight is 304 g/mol. The Morgan fingerprint density at radius 2 is 1.94 bits per heavy atom. The van der Waals surface area contributed by atoms with Crippen molar-refractivity contribution in [3.8, 4) is 11.4 Å². The Morgan fingerprint density at radius 3 is 2.56 bits per heavy atom. The average Bonchev–Trinajstić information content (AvgIpc) is 2.86. The number of benzene rings is 1. The zero-order valence-electron chi connectivity index (χ0n) is 10.3. The van der Waals surface area contributed by atoms with Crippen LogP contribution < -0.4 is 0 Å². The largest absolute Gasteiger partial charge is 0.221 e. The minimum Gasteiger partial charge on any atom is -0.221 e. The van der Waals surface area contributed by atoms with Gasteiger partial charge in [0.05, 0.1) is 5.70 Å². The first-order valence-electron chi connectivity index (χ1n) is 5.71. The van der Waals surface area contributed by atoms with E-state index in [4.69, 9.17) is 0 Å². The van der Waals surface area contributed by atoms with Crippen molar-refractivity contribution in [2.75, 3.05) is 0 Å². The van der Waals surface area contributed by atoms with Crippen LogP contribution in [0.2, 0.25) is 0 Å². The first-order chi connectivity index (χ1) is 8.74. The van der Waals surface area contributed by atoms with Crippen LogP contribution >= 0.6 is 15.9 Å². The van der Waals surface area contributed by atoms with Crippen molar-refractivity contribution < 1.29 is 0 Å². The Morgan fingerprint density at radius 1 is 1.22 bits per heavy atom. The smallest absolute Gasteiger partial charge is 0.181 e. The van der Waals surface area contributed by atoms with Gasteiger partial charge in [0.2, 0.25) is 0 Å². The molecule has 4 heteroatoms. The molecule has 92 valence electrons. The fraction of sp³-hybridized carbons (Fsp3) is 0.143. The number of rotatable bonds is 3. The highest BCUT2D eigenvalue weighted by molar-refractivity contribution is 9.10. The molecule has 1 heterocycles. The molecule has 0 aliphatic carbocycles. The van der Waals surface area contributed by atoms with Crippen LogP contribution in [0.1, 0.15) is 13.8 Å². The first kappa shape index (κ1) is 12.8. The van der Waals surface area contributed by atoms with E-state index in [9.17, 15) is 0 Å². The van der Waals surface area contributed by atoms with Gasteiger partial charge < -0.3 is 0 Å². The predicted molar refractivity (Wildman–Crippen MR) is 77.9 cm³/mol. The van der Waals surface area contributed by atoms with Crippen LogP contribution in [0, 0.1) is 0 Å². The molecule has 3 nitrogen and oxygen atoms in total. The Kier molecular flexibility index (Phi) is 4.10. The second kappa shape index (κ2) is 5.78. The molecule has 0 aliphatic rings. The van der Waals surface area contributed by atoms with E-state index >= 15 is 0 Å². The highest BCUT2D eigenvalue weighted by Crippen LogP contribution is 2.18. The summed E-state index contributed by atoms with van der Waals surface area (Å²) in [6.07, 6.45) is 7.71. The third kappa shape index (κ3) is 2.76. The molecule has 0 fully saturated rings. The molecule has 0 bridgehead atoms. The minimum absolute atomic E-state index is 0.728. The summed E-state index contributed by atoms with van der Waals surface area (Å²) < 4.78 is 2.82. The maximum absolute atomic E-state index is 4.47. The molecule has 0 aliphatic heterocycles. The van der Waals surface area contributed by atoms with Crippen molar-refractivity contribution in [3.05, 3.63) is 53.3 Å². The van der Waals surface area contributed by atoms with Crippen molar-refractivity contribution in [2.24, 2.45) is 0 Å².